The first-order valence-electron chi connectivity index (χ1n) is 9.40. The van der Waals surface area contributed by atoms with E-state index in [2.05, 4.69) is 29.5 Å². The van der Waals surface area contributed by atoms with Gasteiger partial charge >= 0.3 is 0 Å². The van der Waals surface area contributed by atoms with Gasteiger partial charge in [-0.25, -0.2) is 4.99 Å². The molecule has 2 N–H and O–H groups in total. The second kappa shape index (κ2) is 12.9. The van der Waals surface area contributed by atoms with E-state index in [-0.39, 0.29) is 18.6 Å². The molecule has 0 aromatic heterocycles. The summed E-state index contributed by atoms with van der Waals surface area (Å²) >= 11 is 0. The number of nitrogens with one attached hydrogen (secondary N) is 2. The van der Waals surface area contributed by atoms with Crippen LogP contribution in [0.2, 0.25) is 0 Å². The van der Waals surface area contributed by atoms with Crippen molar-refractivity contribution in [3.63, 3.8) is 0 Å². The lowest BCUT2D eigenvalue weighted by atomic mass is 10.1. The Morgan fingerprint density at radius 3 is 2.76 bits per heavy atom. The predicted octanol–water partition coefficient (Wildman–Crippen LogP) is 1.24. The van der Waals surface area contributed by atoms with Crippen molar-refractivity contribution in [3.8, 4) is 0 Å². The number of amides is 1. The van der Waals surface area contributed by atoms with Gasteiger partial charge in [0.25, 0.3) is 0 Å². The molecule has 0 saturated carbocycles. The number of carbonyl (C=O) groups is 1. The number of rotatable bonds is 10. The van der Waals surface area contributed by atoms with Gasteiger partial charge in [-0.1, -0.05) is 13.8 Å². The molecule has 1 saturated heterocycles. The van der Waals surface area contributed by atoms with Crippen molar-refractivity contribution in [3.05, 3.63) is 0 Å². The minimum absolute atomic E-state index is 0.0183. The lowest BCUT2D eigenvalue weighted by Crippen LogP contribution is -2.43. The van der Waals surface area contributed by atoms with E-state index in [9.17, 15) is 4.79 Å². The summed E-state index contributed by atoms with van der Waals surface area (Å²) in [6.07, 6.45) is 4.54. The van der Waals surface area contributed by atoms with Gasteiger partial charge in [-0.3, -0.25) is 4.79 Å². The Bertz CT molecular complexity index is 394. The van der Waals surface area contributed by atoms with E-state index in [0.29, 0.717) is 18.4 Å². The van der Waals surface area contributed by atoms with Crippen LogP contribution in [-0.4, -0.2) is 76.4 Å². The lowest BCUT2D eigenvalue weighted by Gasteiger charge is -2.24. The number of carbonyl (C=O) groups excluding carboxylic acids is 1. The summed E-state index contributed by atoms with van der Waals surface area (Å²) in [6.45, 7) is 8.23. The number of ether oxygens (including phenoxy) is 2. The molecule has 1 aliphatic rings. The normalized spacial score (nSPS) is 18.3. The van der Waals surface area contributed by atoms with Crippen LogP contribution in [0.5, 0.6) is 0 Å². The van der Waals surface area contributed by atoms with Crippen molar-refractivity contribution in [2.75, 3.05) is 53.6 Å². The van der Waals surface area contributed by atoms with Gasteiger partial charge in [-0.05, 0) is 31.6 Å². The maximum Gasteiger partial charge on any atom is 0.243 e. The molecule has 7 heteroatoms. The molecule has 1 aliphatic heterocycles. The van der Waals surface area contributed by atoms with E-state index in [1.807, 2.05) is 0 Å². The fourth-order valence-electron chi connectivity index (χ4n) is 2.34. The Labute approximate surface area is 152 Å². The van der Waals surface area contributed by atoms with Gasteiger partial charge < -0.3 is 25.0 Å². The Balaban J connectivity index is 2.35. The van der Waals surface area contributed by atoms with Crippen LogP contribution in [0.1, 0.15) is 39.5 Å². The molecule has 1 heterocycles. The van der Waals surface area contributed by atoms with Crippen molar-refractivity contribution in [2.45, 2.75) is 45.6 Å². The fraction of sp³-hybridized carbons (Fsp3) is 0.889. The molecule has 0 aromatic rings. The van der Waals surface area contributed by atoms with Crippen molar-refractivity contribution in [1.29, 1.82) is 0 Å². The zero-order valence-corrected chi connectivity index (χ0v) is 16.3. The minimum atomic E-state index is -0.0183. The van der Waals surface area contributed by atoms with E-state index in [1.54, 1.807) is 19.0 Å². The summed E-state index contributed by atoms with van der Waals surface area (Å²) in [5.74, 6) is 1.20. The fourth-order valence-corrected chi connectivity index (χ4v) is 2.34. The summed E-state index contributed by atoms with van der Waals surface area (Å²) in [6, 6.07) is 0. The summed E-state index contributed by atoms with van der Waals surface area (Å²) in [5, 5.41) is 6.57. The molecule has 7 nitrogen and oxygen atoms in total. The van der Waals surface area contributed by atoms with Crippen LogP contribution in [0.4, 0.5) is 0 Å². The highest BCUT2D eigenvalue weighted by Crippen LogP contribution is 2.11. The molecule has 0 bridgehead atoms. The van der Waals surface area contributed by atoms with E-state index in [1.165, 1.54) is 6.42 Å². The second-order valence-corrected chi connectivity index (χ2v) is 7.07. The van der Waals surface area contributed by atoms with Crippen molar-refractivity contribution in [2.24, 2.45) is 10.9 Å². The standard InChI is InChI=1S/C18H36N4O3/c1-15(2)14-24-10-7-9-19-18(21-13-17(23)22(3)4)20-12-16-8-5-6-11-25-16/h15-16H,5-14H2,1-4H3,(H2,19,20,21). The van der Waals surface area contributed by atoms with Gasteiger partial charge in [0.2, 0.25) is 5.91 Å². The first-order chi connectivity index (χ1) is 12.0. The quantitative estimate of drug-likeness (QED) is 0.350. The third-order valence-electron chi connectivity index (χ3n) is 3.85. The topological polar surface area (TPSA) is 75.2 Å². The van der Waals surface area contributed by atoms with Crippen molar-refractivity contribution >= 4 is 11.9 Å². The van der Waals surface area contributed by atoms with Crippen molar-refractivity contribution < 1.29 is 14.3 Å². The Morgan fingerprint density at radius 1 is 1.32 bits per heavy atom. The maximum atomic E-state index is 11.8. The summed E-state index contributed by atoms with van der Waals surface area (Å²) in [5.41, 5.74) is 0. The van der Waals surface area contributed by atoms with Gasteiger partial charge in [0, 0.05) is 47.0 Å². The average Bonchev–Trinajstić information content (AvgIpc) is 2.59. The summed E-state index contributed by atoms with van der Waals surface area (Å²) in [7, 11) is 3.47. The number of guanidine groups is 1. The summed E-state index contributed by atoms with van der Waals surface area (Å²) < 4.78 is 11.3. The van der Waals surface area contributed by atoms with E-state index >= 15 is 0 Å². The highest BCUT2D eigenvalue weighted by Gasteiger charge is 2.14. The van der Waals surface area contributed by atoms with Gasteiger partial charge in [0.1, 0.15) is 6.54 Å². The van der Waals surface area contributed by atoms with E-state index < -0.39 is 0 Å². The Kier molecular flexibility index (Phi) is 11.2. The van der Waals surface area contributed by atoms with Crippen LogP contribution >= 0.6 is 0 Å². The van der Waals surface area contributed by atoms with Crippen LogP contribution in [0.3, 0.4) is 0 Å². The molecular weight excluding hydrogens is 320 g/mol. The molecule has 1 amide bonds. The van der Waals surface area contributed by atoms with Crippen LogP contribution in [0.15, 0.2) is 4.99 Å². The molecule has 1 fully saturated rings. The number of nitrogens with zero attached hydrogens (tertiary/aromatic N) is 2. The highest BCUT2D eigenvalue weighted by molar-refractivity contribution is 5.84. The number of hydrogen-bond donors (Lipinski definition) is 2. The highest BCUT2D eigenvalue weighted by atomic mass is 16.5. The Morgan fingerprint density at radius 2 is 2.12 bits per heavy atom. The lowest BCUT2D eigenvalue weighted by molar-refractivity contribution is -0.127. The second-order valence-electron chi connectivity index (χ2n) is 7.07. The molecule has 0 aromatic carbocycles. The van der Waals surface area contributed by atoms with Gasteiger partial charge in [0.05, 0.1) is 6.10 Å². The van der Waals surface area contributed by atoms with Crippen molar-refractivity contribution in [1.82, 2.24) is 15.5 Å². The first-order valence-corrected chi connectivity index (χ1v) is 9.40. The summed E-state index contributed by atoms with van der Waals surface area (Å²) in [4.78, 5) is 17.7. The van der Waals surface area contributed by atoms with Gasteiger partial charge in [-0.15, -0.1) is 0 Å². The van der Waals surface area contributed by atoms with Gasteiger partial charge in [-0.2, -0.15) is 0 Å². The number of likely N-dealkylation sites (N-methyl/N-ethyl adjacent to an activating group) is 1. The molecular formula is C18H36N4O3. The number of aliphatic imine (C=N–C) groups is 1. The smallest absolute Gasteiger partial charge is 0.243 e. The van der Waals surface area contributed by atoms with Crippen LogP contribution in [0.25, 0.3) is 0 Å². The van der Waals surface area contributed by atoms with E-state index in [4.69, 9.17) is 9.47 Å². The molecule has 25 heavy (non-hydrogen) atoms. The third kappa shape index (κ3) is 11.0. The zero-order valence-electron chi connectivity index (χ0n) is 16.3. The van der Waals surface area contributed by atoms with Crippen LogP contribution in [0, 0.1) is 5.92 Å². The minimum Gasteiger partial charge on any atom is -0.381 e. The SMILES string of the molecule is CC(C)COCCCNC(=NCC(=O)N(C)C)NCC1CCCCO1. The molecule has 0 aliphatic carbocycles. The average molecular weight is 357 g/mol. The molecule has 1 unspecified atom stereocenters. The van der Waals surface area contributed by atoms with Crippen LogP contribution < -0.4 is 10.6 Å². The largest absolute Gasteiger partial charge is 0.381 e. The molecule has 0 radical (unpaired) electrons. The molecule has 1 atom stereocenters. The number of hydrogen-bond acceptors (Lipinski definition) is 4. The van der Waals surface area contributed by atoms with Crippen LogP contribution in [-0.2, 0) is 14.3 Å². The zero-order chi connectivity index (χ0) is 18.5. The third-order valence-corrected chi connectivity index (χ3v) is 3.85. The first kappa shape index (κ1) is 21.7. The van der Waals surface area contributed by atoms with Gasteiger partial charge in [0.15, 0.2) is 5.96 Å². The molecule has 146 valence electrons. The van der Waals surface area contributed by atoms with E-state index in [0.717, 1.165) is 45.6 Å². The maximum absolute atomic E-state index is 11.8. The monoisotopic (exact) mass is 356 g/mol. The Hall–Kier alpha value is -1.34. The predicted molar refractivity (Wildman–Crippen MR) is 101 cm³/mol. The molecule has 1 rings (SSSR count). The molecule has 0 spiro atoms.